The topological polar surface area (TPSA) is 113 Å². The van der Waals surface area contributed by atoms with Gasteiger partial charge < -0.3 is 4.74 Å². The number of nitrogens with two attached hydrogens (primary N) is 1. The molecule has 1 aromatic rings. The van der Waals surface area contributed by atoms with E-state index < -0.39 is 14.9 Å². The number of non-ortho nitro benzene ring substituents is 1. The van der Waals surface area contributed by atoms with Gasteiger partial charge in [0, 0.05) is 18.1 Å². The van der Waals surface area contributed by atoms with Crippen molar-refractivity contribution in [3.05, 3.63) is 33.3 Å². The maximum Gasteiger partial charge on any atom is 0.271 e. The molecule has 0 aliphatic rings. The second-order valence-electron chi connectivity index (χ2n) is 5.02. The van der Waals surface area contributed by atoms with Gasteiger partial charge in [0.1, 0.15) is 5.75 Å². The molecule has 1 atom stereocenters. The number of nitrogens with zero attached hydrogens (tertiary/aromatic N) is 1. The third kappa shape index (κ3) is 5.86. The predicted octanol–water partition coefficient (Wildman–Crippen LogP) is 2.19. The fraction of sp³-hybridized carbons (Fsp3) is 0.500. The van der Waals surface area contributed by atoms with Crippen molar-refractivity contribution in [2.45, 2.75) is 13.8 Å². The number of nitro benzene ring substituents is 1. The van der Waals surface area contributed by atoms with Crippen LogP contribution < -0.4 is 9.88 Å². The highest BCUT2D eigenvalue weighted by molar-refractivity contribution is 7.89. The summed E-state index contributed by atoms with van der Waals surface area (Å²) in [5.41, 5.74) is -0.141. The van der Waals surface area contributed by atoms with Gasteiger partial charge >= 0.3 is 0 Å². The molecule has 0 aliphatic carbocycles. The SMILES string of the molecule is CC(C)C(COc1ccc([N+](=O)[O-])cc1Cl)CS(N)(=O)=O. The summed E-state index contributed by atoms with van der Waals surface area (Å²) in [6.07, 6.45) is 0. The second kappa shape index (κ2) is 7.06. The van der Waals surface area contributed by atoms with E-state index in [9.17, 15) is 18.5 Å². The zero-order chi connectivity index (χ0) is 16.2. The number of ether oxygens (including phenoxy) is 1. The lowest BCUT2D eigenvalue weighted by Gasteiger charge is -2.20. The summed E-state index contributed by atoms with van der Waals surface area (Å²) in [5, 5.41) is 15.7. The Hall–Kier alpha value is -1.38. The normalized spacial score (nSPS) is 13.2. The van der Waals surface area contributed by atoms with E-state index in [4.69, 9.17) is 21.5 Å². The summed E-state index contributed by atoms with van der Waals surface area (Å²) in [5.74, 6) is -0.191. The summed E-state index contributed by atoms with van der Waals surface area (Å²) in [6, 6.07) is 3.83. The van der Waals surface area contributed by atoms with Crippen LogP contribution in [0.25, 0.3) is 0 Å². The summed E-state index contributed by atoms with van der Waals surface area (Å²) in [7, 11) is -3.60. The van der Waals surface area contributed by atoms with E-state index in [1.165, 1.54) is 18.2 Å². The number of hydrogen-bond acceptors (Lipinski definition) is 5. The standard InChI is InChI=1S/C12H17ClN2O5S/c1-8(2)9(7-21(14,18)19)6-20-12-4-3-10(15(16)17)5-11(12)13/h3-5,8-9H,6-7H2,1-2H3,(H2,14,18,19). The van der Waals surface area contributed by atoms with E-state index >= 15 is 0 Å². The molecular formula is C12H17ClN2O5S. The summed E-state index contributed by atoms with van der Waals surface area (Å²) in [6.45, 7) is 3.82. The average molecular weight is 337 g/mol. The third-order valence-electron chi connectivity index (χ3n) is 2.97. The molecule has 2 N–H and O–H groups in total. The molecule has 0 radical (unpaired) electrons. The fourth-order valence-electron chi connectivity index (χ4n) is 1.65. The van der Waals surface area contributed by atoms with Crippen molar-refractivity contribution in [3.63, 3.8) is 0 Å². The first-order chi connectivity index (χ1) is 9.60. The Kier molecular flexibility index (Phi) is 5.94. The monoisotopic (exact) mass is 336 g/mol. The lowest BCUT2D eigenvalue weighted by molar-refractivity contribution is -0.384. The Labute approximate surface area is 128 Å². The summed E-state index contributed by atoms with van der Waals surface area (Å²) >= 11 is 5.90. The maximum absolute atomic E-state index is 11.2. The molecule has 1 unspecified atom stereocenters. The van der Waals surface area contributed by atoms with Gasteiger partial charge in [-0.2, -0.15) is 0 Å². The number of benzene rings is 1. The Morgan fingerprint density at radius 2 is 2.05 bits per heavy atom. The van der Waals surface area contributed by atoms with E-state index in [-0.39, 0.29) is 40.7 Å². The number of primary sulfonamides is 1. The Bertz CT molecular complexity index is 618. The molecule has 0 saturated carbocycles. The van der Waals surface area contributed by atoms with Crippen LogP contribution in [0.2, 0.25) is 5.02 Å². The van der Waals surface area contributed by atoms with E-state index in [0.29, 0.717) is 0 Å². The van der Waals surface area contributed by atoms with Crippen LogP contribution in [0.3, 0.4) is 0 Å². The molecule has 0 spiro atoms. The van der Waals surface area contributed by atoms with Gasteiger partial charge in [0.05, 0.1) is 22.3 Å². The lowest BCUT2D eigenvalue weighted by atomic mass is 9.99. The molecule has 9 heteroatoms. The highest BCUT2D eigenvalue weighted by Crippen LogP contribution is 2.29. The minimum absolute atomic E-state index is 0.0418. The molecule has 0 bridgehead atoms. The molecule has 21 heavy (non-hydrogen) atoms. The van der Waals surface area contributed by atoms with Crippen molar-refractivity contribution in [1.82, 2.24) is 0 Å². The highest BCUT2D eigenvalue weighted by Gasteiger charge is 2.21. The molecule has 1 rings (SSSR count). The second-order valence-corrected chi connectivity index (χ2v) is 7.08. The number of rotatable bonds is 7. The number of nitro groups is 1. The van der Waals surface area contributed by atoms with Crippen molar-refractivity contribution in [2.75, 3.05) is 12.4 Å². The van der Waals surface area contributed by atoms with Gasteiger partial charge in [-0.1, -0.05) is 25.4 Å². The minimum Gasteiger partial charge on any atom is -0.492 e. The smallest absolute Gasteiger partial charge is 0.271 e. The zero-order valence-corrected chi connectivity index (χ0v) is 13.2. The summed E-state index contributed by atoms with van der Waals surface area (Å²) in [4.78, 5) is 10.0. The first-order valence-corrected chi connectivity index (χ1v) is 8.26. The fourth-order valence-corrected chi connectivity index (χ4v) is 2.96. The molecule has 118 valence electrons. The highest BCUT2D eigenvalue weighted by atomic mass is 35.5. The summed E-state index contributed by atoms with van der Waals surface area (Å²) < 4.78 is 27.8. The van der Waals surface area contributed by atoms with Gasteiger partial charge in [0.15, 0.2) is 0 Å². The van der Waals surface area contributed by atoms with Gasteiger partial charge in [-0.05, 0) is 12.0 Å². The van der Waals surface area contributed by atoms with Gasteiger partial charge in [0.25, 0.3) is 5.69 Å². The largest absolute Gasteiger partial charge is 0.492 e. The number of hydrogen-bond donors (Lipinski definition) is 1. The van der Waals surface area contributed by atoms with E-state index in [2.05, 4.69) is 0 Å². The van der Waals surface area contributed by atoms with E-state index in [1.807, 2.05) is 13.8 Å². The van der Waals surface area contributed by atoms with Gasteiger partial charge in [-0.25, -0.2) is 13.6 Å². The Morgan fingerprint density at radius 1 is 1.43 bits per heavy atom. The Balaban J connectivity index is 2.79. The molecule has 0 aromatic heterocycles. The van der Waals surface area contributed by atoms with Crippen molar-refractivity contribution in [3.8, 4) is 5.75 Å². The van der Waals surface area contributed by atoms with Crippen LogP contribution in [-0.2, 0) is 10.0 Å². The van der Waals surface area contributed by atoms with Crippen LogP contribution >= 0.6 is 11.6 Å². The average Bonchev–Trinajstić information content (AvgIpc) is 2.33. The van der Waals surface area contributed by atoms with Crippen molar-refractivity contribution in [2.24, 2.45) is 17.0 Å². The van der Waals surface area contributed by atoms with Crippen LogP contribution in [0, 0.1) is 22.0 Å². The molecule has 1 aromatic carbocycles. The molecular weight excluding hydrogens is 320 g/mol. The van der Waals surface area contributed by atoms with Gasteiger partial charge in [-0.3, -0.25) is 10.1 Å². The van der Waals surface area contributed by atoms with Crippen molar-refractivity contribution < 1.29 is 18.1 Å². The first kappa shape index (κ1) is 17.7. The molecule has 0 heterocycles. The van der Waals surface area contributed by atoms with Crippen molar-refractivity contribution in [1.29, 1.82) is 0 Å². The van der Waals surface area contributed by atoms with Crippen LogP contribution in [0.5, 0.6) is 5.75 Å². The molecule has 7 nitrogen and oxygen atoms in total. The van der Waals surface area contributed by atoms with E-state index in [1.54, 1.807) is 0 Å². The zero-order valence-electron chi connectivity index (χ0n) is 11.7. The third-order valence-corrected chi connectivity index (χ3v) is 4.16. The number of halogens is 1. The first-order valence-electron chi connectivity index (χ1n) is 6.17. The molecule has 0 amide bonds. The number of sulfonamides is 1. The van der Waals surface area contributed by atoms with E-state index in [0.717, 1.165) is 0 Å². The molecule has 0 fully saturated rings. The van der Waals surface area contributed by atoms with Crippen molar-refractivity contribution >= 4 is 27.3 Å². The Morgan fingerprint density at radius 3 is 2.48 bits per heavy atom. The maximum atomic E-state index is 11.2. The van der Waals surface area contributed by atoms with Crippen LogP contribution in [0.4, 0.5) is 5.69 Å². The minimum atomic E-state index is -3.60. The molecule has 0 saturated heterocycles. The lowest BCUT2D eigenvalue weighted by Crippen LogP contribution is -2.30. The van der Waals surface area contributed by atoms with Crippen LogP contribution in [0.1, 0.15) is 13.8 Å². The van der Waals surface area contributed by atoms with Crippen LogP contribution in [-0.4, -0.2) is 25.7 Å². The van der Waals surface area contributed by atoms with Gasteiger partial charge in [0.2, 0.25) is 10.0 Å². The predicted molar refractivity (Wildman–Crippen MR) is 79.9 cm³/mol. The molecule has 0 aliphatic heterocycles. The quantitative estimate of drug-likeness (QED) is 0.605. The van der Waals surface area contributed by atoms with Gasteiger partial charge in [-0.15, -0.1) is 0 Å². The van der Waals surface area contributed by atoms with Crippen LogP contribution in [0.15, 0.2) is 18.2 Å².